The monoisotopic (exact) mass is 172 g/mol. The van der Waals surface area contributed by atoms with E-state index in [1.54, 1.807) is 0 Å². The van der Waals surface area contributed by atoms with Gasteiger partial charge in [0.05, 0.1) is 5.92 Å². The number of amides is 2. The largest absolute Gasteiger partial charge is 0.481 e. The summed E-state index contributed by atoms with van der Waals surface area (Å²) in [6.45, 7) is 0.837. The molecule has 1 aliphatic heterocycles. The van der Waals surface area contributed by atoms with Crippen LogP contribution in [0.5, 0.6) is 0 Å². The normalized spacial score (nSPS) is 23.7. The van der Waals surface area contributed by atoms with Gasteiger partial charge >= 0.3 is 12.0 Å². The minimum Gasteiger partial charge on any atom is -0.481 e. The highest BCUT2D eigenvalue weighted by Crippen LogP contribution is 2.15. The highest BCUT2D eigenvalue weighted by Gasteiger charge is 2.26. The number of carbonyl (C=O) groups excluding carboxylic acids is 1. The summed E-state index contributed by atoms with van der Waals surface area (Å²) in [5.74, 6) is -1.29. The SMILES string of the molecule is NC(=O)N1CCCC(C(=O)O)C1. The first kappa shape index (κ1) is 8.83. The molecule has 0 bridgehead atoms. The molecule has 1 unspecified atom stereocenters. The van der Waals surface area contributed by atoms with Gasteiger partial charge in [-0.2, -0.15) is 0 Å². The number of primary amides is 1. The van der Waals surface area contributed by atoms with Gasteiger partial charge in [-0.3, -0.25) is 4.79 Å². The van der Waals surface area contributed by atoms with Crippen molar-refractivity contribution in [3.8, 4) is 0 Å². The van der Waals surface area contributed by atoms with E-state index in [0.717, 1.165) is 6.42 Å². The van der Waals surface area contributed by atoms with Crippen molar-refractivity contribution in [2.75, 3.05) is 13.1 Å². The van der Waals surface area contributed by atoms with Crippen LogP contribution < -0.4 is 5.73 Å². The van der Waals surface area contributed by atoms with Crippen LogP contribution in [0.4, 0.5) is 4.79 Å². The molecule has 1 aliphatic rings. The molecule has 12 heavy (non-hydrogen) atoms. The Hall–Kier alpha value is -1.26. The van der Waals surface area contributed by atoms with Crippen molar-refractivity contribution >= 4 is 12.0 Å². The van der Waals surface area contributed by atoms with Crippen molar-refractivity contribution < 1.29 is 14.7 Å². The summed E-state index contributed by atoms with van der Waals surface area (Å²) in [5.41, 5.74) is 5.02. The number of piperidine rings is 1. The van der Waals surface area contributed by atoms with Crippen LogP contribution in [-0.2, 0) is 4.79 Å². The first-order valence-corrected chi connectivity index (χ1v) is 3.88. The number of likely N-dealkylation sites (tertiary alicyclic amines) is 1. The summed E-state index contributed by atoms with van der Waals surface area (Å²) in [5, 5.41) is 8.66. The van der Waals surface area contributed by atoms with E-state index >= 15 is 0 Å². The van der Waals surface area contributed by atoms with Crippen molar-refractivity contribution in [2.24, 2.45) is 11.7 Å². The van der Waals surface area contributed by atoms with Gasteiger partial charge in [0, 0.05) is 13.1 Å². The highest BCUT2D eigenvalue weighted by molar-refractivity contribution is 5.75. The lowest BCUT2D eigenvalue weighted by Crippen LogP contribution is -2.44. The molecular weight excluding hydrogens is 160 g/mol. The number of rotatable bonds is 1. The van der Waals surface area contributed by atoms with Crippen LogP contribution in [-0.4, -0.2) is 35.1 Å². The van der Waals surface area contributed by atoms with Gasteiger partial charge in [0.25, 0.3) is 0 Å². The van der Waals surface area contributed by atoms with Crippen LogP contribution in [0.2, 0.25) is 0 Å². The van der Waals surface area contributed by atoms with Crippen molar-refractivity contribution in [3.63, 3.8) is 0 Å². The lowest BCUT2D eigenvalue weighted by molar-refractivity contribution is -0.143. The number of hydrogen-bond acceptors (Lipinski definition) is 2. The topological polar surface area (TPSA) is 83.6 Å². The van der Waals surface area contributed by atoms with Gasteiger partial charge in [-0.15, -0.1) is 0 Å². The maximum Gasteiger partial charge on any atom is 0.314 e. The third-order valence-corrected chi connectivity index (χ3v) is 2.08. The summed E-state index contributed by atoms with van der Waals surface area (Å²) < 4.78 is 0. The number of hydrogen-bond donors (Lipinski definition) is 2. The van der Waals surface area contributed by atoms with E-state index < -0.39 is 17.9 Å². The van der Waals surface area contributed by atoms with Crippen LogP contribution in [0.1, 0.15) is 12.8 Å². The number of aliphatic carboxylic acids is 1. The fourth-order valence-electron chi connectivity index (χ4n) is 1.38. The average molecular weight is 172 g/mol. The maximum atomic E-state index is 10.7. The van der Waals surface area contributed by atoms with E-state index in [1.807, 2.05) is 0 Å². The summed E-state index contributed by atoms with van der Waals surface area (Å²) in [7, 11) is 0. The average Bonchev–Trinajstić information content (AvgIpc) is 2.04. The summed E-state index contributed by atoms with van der Waals surface area (Å²) in [6.07, 6.45) is 1.36. The number of nitrogens with zero attached hydrogens (tertiary/aromatic N) is 1. The van der Waals surface area contributed by atoms with Crippen molar-refractivity contribution in [2.45, 2.75) is 12.8 Å². The Morgan fingerprint density at radius 3 is 2.67 bits per heavy atom. The molecule has 1 saturated heterocycles. The minimum absolute atomic E-state index is 0.255. The Kier molecular flexibility index (Phi) is 2.52. The summed E-state index contributed by atoms with van der Waals surface area (Å²) >= 11 is 0. The minimum atomic E-state index is -0.846. The molecule has 0 aromatic rings. The predicted molar refractivity (Wildman–Crippen MR) is 41.5 cm³/mol. The van der Waals surface area contributed by atoms with Gasteiger partial charge in [0.1, 0.15) is 0 Å². The molecule has 0 aliphatic carbocycles. The smallest absolute Gasteiger partial charge is 0.314 e. The van der Waals surface area contributed by atoms with Crippen LogP contribution in [0.25, 0.3) is 0 Å². The molecule has 3 N–H and O–H groups in total. The van der Waals surface area contributed by atoms with Crippen LogP contribution >= 0.6 is 0 Å². The molecule has 5 heteroatoms. The van der Waals surface area contributed by atoms with E-state index in [0.29, 0.717) is 13.0 Å². The number of carboxylic acid groups (broad SMARTS) is 1. The zero-order valence-corrected chi connectivity index (χ0v) is 6.69. The third-order valence-electron chi connectivity index (χ3n) is 2.08. The Morgan fingerprint density at radius 1 is 1.50 bits per heavy atom. The molecule has 68 valence electrons. The molecule has 1 atom stereocenters. The quantitative estimate of drug-likeness (QED) is 0.577. The van der Waals surface area contributed by atoms with E-state index in [1.165, 1.54) is 4.90 Å². The molecule has 1 heterocycles. The Balaban J connectivity index is 2.51. The predicted octanol–water partition coefficient (Wildman–Crippen LogP) is -0.138. The number of nitrogens with two attached hydrogens (primary N) is 1. The first-order chi connectivity index (χ1) is 5.61. The second-order valence-electron chi connectivity index (χ2n) is 2.96. The lowest BCUT2D eigenvalue weighted by Gasteiger charge is -2.28. The fourth-order valence-corrected chi connectivity index (χ4v) is 1.38. The van der Waals surface area contributed by atoms with E-state index in [2.05, 4.69) is 0 Å². The van der Waals surface area contributed by atoms with Gasteiger partial charge in [-0.1, -0.05) is 0 Å². The second kappa shape index (κ2) is 3.42. The fraction of sp³-hybridized carbons (Fsp3) is 0.714. The lowest BCUT2D eigenvalue weighted by atomic mass is 9.99. The molecule has 0 radical (unpaired) electrons. The van der Waals surface area contributed by atoms with E-state index in [4.69, 9.17) is 10.8 Å². The summed E-state index contributed by atoms with van der Waals surface area (Å²) in [4.78, 5) is 22.6. The number of carboxylic acids is 1. The molecule has 1 fully saturated rings. The molecule has 5 nitrogen and oxygen atoms in total. The highest BCUT2D eigenvalue weighted by atomic mass is 16.4. The Bertz CT molecular complexity index is 185. The molecule has 0 aromatic carbocycles. The molecule has 0 aromatic heterocycles. The van der Waals surface area contributed by atoms with E-state index in [-0.39, 0.29) is 6.54 Å². The zero-order valence-electron chi connectivity index (χ0n) is 6.69. The first-order valence-electron chi connectivity index (χ1n) is 3.88. The van der Waals surface area contributed by atoms with Crippen molar-refractivity contribution in [1.29, 1.82) is 0 Å². The third kappa shape index (κ3) is 1.87. The standard InChI is InChI=1S/C7H12N2O3/c8-7(12)9-3-1-2-5(4-9)6(10)11/h5H,1-4H2,(H2,8,12)(H,10,11). The van der Waals surface area contributed by atoms with Crippen molar-refractivity contribution in [1.82, 2.24) is 4.90 Å². The second-order valence-corrected chi connectivity index (χ2v) is 2.96. The molecule has 2 amide bonds. The number of urea groups is 1. The van der Waals surface area contributed by atoms with Gasteiger partial charge < -0.3 is 15.7 Å². The number of carbonyl (C=O) groups is 2. The Labute approximate surface area is 70.1 Å². The zero-order chi connectivity index (χ0) is 9.14. The molecule has 0 spiro atoms. The van der Waals surface area contributed by atoms with Gasteiger partial charge in [-0.25, -0.2) is 4.79 Å². The van der Waals surface area contributed by atoms with Crippen LogP contribution in [0, 0.1) is 5.92 Å². The molecular formula is C7H12N2O3. The molecule has 1 rings (SSSR count). The van der Waals surface area contributed by atoms with E-state index in [9.17, 15) is 9.59 Å². The summed E-state index contributed by atoms with van der Waals surface area (Å²) in [6, 6.07) is -0.527. The van der Waals surface area contributed by atoms with Gasteiger partial charge in [0.15, 0.2) is 0 Å². The van der Waals surface area contributed by atoms with Gasteiger partial charge in [0.2, 0.25) is 0 Å². The van der Waals surface area contributed by atoms with Gasteiger partial charge in [-0.05, 0) is 12.8 Å². The van der Waals surface area contributed by atoms with Crippen molar-refractivity contribution in [3.05, 3.63) is 0 Å². The Morgan fingerprint density at radius 2 is 2.17 bits per heavy atom. The molecule has 0 saturated carbocycles. The maximum absolute atomic E-state index is 10.7. The van der Waals surface area contributed by atoms with Crippen LogP contribution in [0.3, 0.4) is 0 Å². The van der Waals surface area contributed by atoms with Crippen LogP contribution in [0.15, 0.2) is 0 Å².